The molecule has 0 atom stereocenters. The van der Waals surface area contributed by atoms with E-state index in [1.54, 1.807) is 0 Å². The average Bonchev–Trinajstić information content (AvgIpc) is 2.40. The lowest BCUT2D eigenvalue weighted by Crippen LogP contribution is -2.55. The summed E-state index contributed by atoms with van der Waals surface area (Å²) in [4.78, 5) is 0. The fourth-order valence-corrected chi connectivity index (χ4v) is 2.11. The third kappa shape index (κ3) is 5.45. The van der Waals surface area contributed by atoms with Crippen molar-refractivity contribution in [2.75, 3.05) is 26.2 Å². The van der Waals surface area contributed by atoms with Crippen LogP contribution in [0.3, 0.4) is 0 Å². The molecule has 0 spiro atoms. The molecule has 0 aromatic carbocycles. The molecule has 0 rings (SSSR count). The normalized spacial score (nSPS) is 14.3. The molecule has 23 heavy (non-hydrogen) atoms. The molecule has 0 aromatic rings. The molecule has 4 nitrogen and oxygen atoms in total. The van der Waals surface area contributed by atoms with E-state index >= 15 is 0 Å². The van der Waals surface area contributed by atoms with Crippen molar-refractivity contribution in [1.82, 2.24) is 0 Å². The number of hydrogen-bond donors (Lipinski definition) is 1. The van der Waals surface area contributed by atoms with Gasteiger partial charge in [-0.15, -0.1) is 0 Å². The number of rotatable bonds is 6. The van der Waals surface area contributed by atoms with Gasteiger partial charge in [0.15, 0.2) is 0 Å². The van der Waals surface area contributed by atoms with Crippen molar-refractivity contribution in [3.8, 4) is 0 Å². The number of alkyl halides is 7. The van der Waals surface area contributed by atoms with Crippen LogP contribution in [0.4, 0.5) is 30.7 Å². The molecular formula is C11H21F7NO3S+. The van der Waals surface area contributed by atoms with Gasteiger partial charge in [-0.05, 0) is 27.7 Å². The van der Waals surface area contributed by atoms with Gasteiger partial charge in [-0.1, -0.05) is 0 Å². The minimum atomic E-state index is -6.85. The molecule has 0 amide bonds. The van der Waals surface area contributed by atoms with E-state index in [2.05, 4.69) is 27.7 Å². The fourth-order valence-electron chi connectivity index (χ4n) is 1.67. The highest BCUT2D eigenvalue weighted by molar-refractivity contribution is 7.87. The quantitative estimate of drug-likeness (QED) is 0.436. The van der Waals surface area contributed by atoms with Crippen molar-refractivity contribution < 1.29 is 48.2 Å². The van der Waals surface area contributed by atoms with Crippen molar-refractivity contribution in [2.24, 2.45) is 0 Å². The van der Waals surface area contributed by atoms with E-state index in [-0.39, 0.29) is 0 Å². The second-order valence-corrected chi connectivity index (χ2v) is 6.13. The summed E-state index contributed by atoms with van der Waals surface area (Å²) in [7, 11) is -6.85. The second kappa shape index (κ2) is 7.97. The molecular weight excluding hydrogens is 359 g/mol. The molecule has 12 heteroatoms. The van der Waals surface area contributed by atoms with Crippen LogP contribution in [0.1, 0.15) is 27.7 Å². The number of nitrogens with zero attached hydrogens (tertiary/aromatic N) is 1. The smallest absolute Gasteiger partial charge is 0.325 e. The summed E-state index contributed by atoms with van der Waals surface area (Å²) in [6, 6.07) is 0. The molecule has 0 fully saturated rings. The molecule has 0 saturated heterocycles. The minimum Gasteiger partial charge on any atom is -0.325 e. The summed E-state index contributed by atoms with van der Waals surface area (Å²) >= 11 is 0. The Morgan fingerprint density at radius 1 is 0.783 bits per heavy atom. The first-order valence-corrected chi connectivity index (χ1v) is 8.08. The van der Waals surface area contributed by atoms with E-state index in [1.807, 2.05) is 0 Å². The largest absolute Gasteiger partial charge is 0.461 e. The van der Waals surface area contributed by atoms with Gasteiger partial charge in [-0.25, -0.2) is 0 Å². The number of halogens is 7. The van der Waals surface area contributed by atoms with Gasteiger partial charge in [-0.3, -0.25) is 4.55 Å². The Labute approximate surface area is 130 Å². The topological polar surface area (TPSA) is 54.4 Å². The van der Waals surface area contributed by atoms with Gasteiger partial charge < -0.3 is 4.48 Å². The van der Waals surface area contributed by atoms with Crippen LogP contribution in [-0.2, 0) is 10.1 Å². The van der Waals surface area contributed by atoms with Gasteiger partial charge in [-0.2, -0.15) is 39.2 Å². The Morgan fingerprint density at radius 2 is 1.04 bits per heavy atom. The molecule has 142 valence electrons. The van der Waals surface area contributed by atoms with Gasteiger partial charge in [0.25, 0.3) is 0 Å². The van der Waals surface area contributed by atoms with Gasteiger partial charge >= 0.3 is 27.5 Å². The lowest BCUT2D eigenvalue weighted by Gasteiger charge is -2.34. The van der Waals surface area contributed by atoms with Gasteiger partial charge in [0, 0.05) is 0 Å². The van der Waals surface area contributed by atoms with E-state index in [4.69, 9.17) is 4.55 Å². The van der Waals surface area contributed by atoms with Gasteiger partial charge in [0.05, 0.1) is 26.2 Å². The highest BCUT2D eigenvalue weighted by Crippen LogP contribution is 2.48. The first-order valence-electron chi connectivity index (χ1n) is 6.64. The van der Waals surface area contributed by atoms with Crippen LogP contribution >= 0.6 is 0 Å². The highest BCUT2D eigenvalue weighted by Gasteiger charge is 2.78. The number of quaternary nitrogens is 1. The average molecular weight is 380 g/mol. The predicted octanol–water partition coefficient (Wildman–Crippen LogP) is 3.55. The van der Waals surface area contributed by atoms with Crippen LogP contribution in [-0.4, -0.2) is 61.0 Å². The van der Waals surface area contributed by atoms with E-state index in [0.29, 0.717) is 0 Å². The summed E-state index contributed by atoms with van der Waals surface area (Å²) in [6.07, 6.45) is -6.79. The lowest BCUT2D eigenvalue weighted by atomic mass is 10.3. The van der Waals surface area contributed by atoms with Crippen LogP contribution in [0.15, 0.2) is 0 Å². The van der Waals surface area contributed by atoms with Crippen LogP contribution in [0, 0.1) is 0 Å². The van der Waals surface area contributed by atoms with Crippen molar-refractivity contribution >= 4 is 10.1 Å². The zero-order valence-corrected chi connectivity index (χ0v) is 13.9. The summed E-state index contributed by atoms with van der Waals surface area (Å²) in [5.41, 5.74) is 0. The van der Waals surface area contributed by atoms with Crippen molar-refractivity contribution in [3.05, 3.63) is 0 Å². The zero-order chi connectivity index (χ0) is 19.3. The van der Waals surface area contributed by atoms with Crippen LogP contribution < -0.4 is 0 Å². The Kier molecular flexibility index (Phi) is 8.53. The van der Waals surface area contributed by atoms with E-state index < -0.39 is 27.5 Å². The first-order chi connectivity index (χ1) is 9.99. The molecule has 0 aliphatic heterocycles. The molecule has 0 bridgehead atoms. The second-order valence-electron chi connectivity index (χ2n) is 4.67. The Balaban J connectivity index is 0. The summed E-state index contributed by atoms with van der Waals surface area (Å²) in [5.74, 6) is -6.85. The molecule has 0 saturated carbocycles. The SMILES string of the molecule is CC[N+](CC)(CC)CC.O=S(=O)(O)C(F)(F)C(F)(F)C(F)(F)F. The van der Waals surface area contributed by atoms with E-state index in [9.17, 15) is 39.2 Å². The highest BCUT2D eigenvalue weighted by atomic mass is 32.2. The molecule has 1 N–H and O–H groups in total. The first kappa shape index (κ1) is 24.6. The monoisotopic (exact) mass is 380 g/mol. The van der Waals surface area contributed by atoms with Crippen LogP contribution in [0.2, 0.25) is 0 Å². The molecule has 0 unspecified atom stereocenters. The third-order valence-corrected chi connectivity index (χ3v) is 4.63. The Bertz CT molecular complexity index is 441. The van der Waals surface area contributed by atoms with E-state index in [0.717, 1.165) is 0 Å². The van der Waals surface area contributed by atoms with Crippen LogP contribution in [0.5, 0.6) is 0 Å². The van der Waals surface area contributed by atoms with Crippen molar-refractivity contribution in [1.29, 1.82) is 0 Å². The Morgan fingerprint density at radius 3 is 1.09 bits per heavy atom. The standard InChI is InChI=1S/C8H20N.C3HF7O3S/c1-5-9(6-2,7-3)8-4;4-1(5,2(6,7)8)3(9,10)14(11,12)13/h5-8H2,1-4H3;(H,11,12,13)/q+1;. The molecule has 0 aliphatic carbocycles. The summed E-state index contributed by atoms with van der Waals surface area (Å²) in [5, 5.41) is -6.61. The Hall–Kier alpha value is -0.620. The fraction of sp³-hybridized carbons (Fsp3) is 1.00. The molecule has 0 aromatic heterocycles. The minimum absolute atomic E-state index is 1.28. The number of hydrogen-bond acceptors (Lipinski definition) is 2. The van der Waals surface area contributed by atoms with Crippen molar-refractivity contribution in [2.45, 2.75) is 45.0 Å². The predicted molar refractivity (Wildman–Crippen MR) is 69.9 cm³/mol. The third-order valence-electron chi connectivity index (χ3n) is 3.73. The van der Waals surface area contributed by atoms with Gasteiger partial charge in [0.2, 0.25) is 0 Å². The maximum atomic E-state index is 11.9. The van der Waals surface area contributed by atoms with Crippen LogP contribution in [0.25, 0.3) is 0 Å². The summed E-state index contributed by atoms with van der Waals surface area (Å²) in [6.45, 7) is 14.2. The zero-order valence-electron chi connectivity index (χ0n) is 13.1. The maximum absolute atomic E-state index is 11.9. The molecule has 0 aliphatic rings. The van der Waals surface area contributed by atoms with Crippen molar-refractivity contribution in [3.63, 3.8) is 0 Å². The summed E-state index contributed by atoms with van der Waals surface area (Å²) < 4.78 is 109. The molecule has 0 radical (unpaired) electrons. The molecule has 0 heterocycles. The lowest BCUT2D eigenvalue weighted by molar-refractivity contribution is -0.921. The maximum Gasteiger partial charge on any atom is 0.461 e. The van der Waals surface area contributed by atoms with E-state index in [1.165, 1.54) is 30.7 Å². The van der Waals surface area contributed by atoms with Gasteiger partial charge in [0.1, 0.15) is 0 Å².